The van der Waals surface area contributed by atoms with E-state index < -0.39 is 16.1 Å². The Balaban J connectivity index is 2.89. The molecule has 4 N–H and O–H groups in total. The second-order valence-electron chi connectivity index (χ2n) is 4.73. The minimum absolute atomic E-state index is 0.0589. The second-order valence-corrected chi connectivity index (χ2v) is 6.48. The molecule has 0 bridgehead atoms. The number of rotatable bonds is 6. The molecule has 1 atom stereocenters. The first kappa shape index (κ1) is 15.7. The molecule has 0 radical (unpaired) electrons. The van der Waals surface area contributed by atoms with Crippen LogP contribution in [0, 0.1) is 0 Å². The summed E-state index contributed by atoms with van der Waals surface area (Å²) >= 11 is 0. The fraction of sp³-hybridized carbons (Fsp3) is 0.500. The summed E-state index contributed by atoms with van der Waals surface area (Å²) in [5.41, 5.74) is 0.584. The number of benzene rings is 1. The lowest BCUT2D eigenvalue weighted by atomic mass is 10.1. The molecule has 1 rings (SSSR count). The van der Waals surface area contributed by atoms with Crippen molar-refractivity contribution >= 4 is 15.7 Å². The van der Waals surface area contributed by atoms with Gasteiger partial charge in [-0.2, -0.15) is 0 Å². The number of aromatic hydroxyl groups is 1. The Kier molecular flexibility index (Phi) is 5.16. The Labute approximate surface area is 113 Å². The van der Waals surface area contributed by atoms with Gasteiger partial charge in [0.25, 0.3) is 0 Å². The lowest BCUT2D eigenvalue weighted by molar-refractivity contribution is 0.171. The van der Waals surface area contributed by atoms with E-state index in [1.165, 1.54) is 12.1 Å². The van der Waals surface area contributed by atoms with Crippen molar-refractivity contribution in [1.82, 2.24) is 5.32 Å². The molecule has 0 aliphatic carbocycles. The molecule has 108 valence electrons. The van der Waals surface area contributed by atoms with Crippen molar-refractivity contribution in [3.05, 3.63) is 23.8 Å². The topological polar surface area (TPSA) is 98.7 Å². The van der Waals surface area contributed by atoms with Crippen molar-refractivity contribution in [2.75, 3.05) is 17.5 Å². The van der Waals surface area contributed by atoms with Crippen molar-refractivity contribution < 1.29 is 18.6 Å². The summed E-state index contributed by atoms with van der Waals surface area (Å²) in [5.74, 6) is -0.182. The van der Waals surface area contributed by atoms with E-state index in [2.05, 4.69) is 10.0 Å². The summed E-state index contributed by atoms with van der Waals surface area (Å²) in [6.07, 6.45) is 0.221. The van der Waals surface area contributed by atoms with Crippen LogP contribution in [0.25, 0.3) is 0 Å². The number of phenols is 1. The number of hydrogen-bond acceptors (Lipinski definition) is 5. The quantitative estimate of drug-likeness (QED) is 0.580. The van der Waals surface area contributed by atoms with Gasteiger partial charge in [-0.05, 0) is 17.7 Å². The molecule has 0 saturated carbocycles. The zero-order chi connectivity index (χ0) is 14.6. The molecule has 0 heterocycles. The number of sulfonamides is 1. The Morgan fingerprint density at radius 2 is 1.95 bits per heavy atom. The van der Waals surface area contributed by atoms with Crippen LogP contribution in [0.3, 0.4) is 0 Å². The molecule has 0 aliphatic heterocycles. The average Bonchev–Trinajstić information content (AvgIpc) is 2.27. The van der Waals surface area contributed by atoms with Gasteiger partial charge in [0.05, 0.1) is 18.0 Å². The van der Waals surface area contributed by atoms with Crippen LogP contribution in [0.15, 0.2) is 18.2 Å². The highest BCUT2D eigenvalue weighted by atomic mass is 32.2. The van der Waals surface area contributed by atoms with Gasteiger partial charge in [-0.3, -0.25) is 4.72 Å². The van der Waals surface area contributed by atoms with Crippen molar-refractivity contribution in [1.29, 1.82) is 0 Å². The molecular weight excluding hydrogens is 268 g/mol. The summed E-state index contributed by atoms with van der Waals surface area (Å²) in [6.45, 7) is 4.27. The first-order valence-electron chi connectivity index (χ1n) is 5.91. The summed E-state index contributed by atoms with van der Waals surface area (Å²) in [4.78, 5) is 0. The fourth-order valence-electron chi connectivity index (χ4n) is 1.51. The number of anilines is 1. The number of aliphatic hydroxyl groups excluding tert-OH is 1. The van der Waals surface area contributed by atoms with Crippen LogP contribution in [0.4, 0.5) is 5.69 Å². The molecule has 1 aromatic rings. The first-order chi connectivity index (χ1) is 8.69. The van der Waals surface area contributed by atoms with E-state index in [0.29, 0.717) is 12.1 Å². The van der Waals surface area contributed by atoms with Crippen LogP contribution in [0.2, 0.25) is 0 Å². The van der Waals surface area contributed by atoms with E-state index in [0.717, 1.165) is 6.26 Å². The van der Waals surface area contributed by atoms with Crippen molar-refractivity contribution in [2.45, 2.75) is 26.0 Å². The lowest BCUT2D eigenvalue weighted by Gasteiger charge is -2.16. The standard InChI is InChI=1S/C12H20N2O4S/c1-8(2)13-7-12(16)9-4-5-11(15)10(6-9)14-19(3,17)18/h4-6,8,12-16H,7H2,1-3H3/t12-/m0/s1. The van der Waals surface area contributed by atoms with Gasteiger partial charge in [-0.25, -0.2) is 8.42 Å². The summed E-state index contributed by atoms with van der Waals surface area (Å²) in [7, 11) is -3.48. The highest BCUT2D eigenvalue weighted by Gasteiger charge is 2.13. The largest absolute Gasteiger partial charge is 0.506 e. The number of phenolic OH excluding ortho intramolecular Hbond substituents is 1. The van der Waals surface area contributed by atoms with Crippen LogP contribution < -0.4 is 10.0 Å². The predicted octanol–water partition coefficient (Wildman–Crippen LogP) is 0.795. The molecule has 0 fully saturated rings. The average molecular weight is 288 g/mol. The maximum atomic E-state index is 11.2. The van der Waals surface area contributed by atoms with Gasteiger partial charge in [-0.15, -0.1) is 0 Å². The predicted molar refractivity (Wildman–Crippen MR) is 74.7 cm³/mol. The molecule has 7 heteroatoms. The van der Waals surface area contributed by atoms with Gasteiger partial charge in [0.1, 0.15) is 5.75 Å². The van der Waals surface area contributed by atoms with Gasteiger partial charge < -0.3 is 15.5 Å². The second kappa shape index (κ2) is 6.23. The van der Waals surface area contributed by atoms with E-state index >= 15 is 0 Å². The van der Waals surface area contributed by atoms with Gasteiger partial charge in [0.2, 0.25) is 10.0 Å². The molecule has 0 amide bonds. The van der Waals surface area contributed by atoms with Crippen LogP contribution in [0.1, 0.15) is 25.5 Å². The van der Waals surface area contributed by atoms with E-state index in [-0.39, 0.29) is 17.5 Å². The highest BCUT2D eigenvalue weighted by molar-refractivity contribution is 7.92. The minimum Gasteiger partial charge on any atom is -0.506 e. The SMILES string of the molecule is CC(C)NC[C@H](O)c1ccc(O)c(NS(C)(=O)=O)c1. The summed E-state index contributed by atoms with van der Waals surface area (Å²) in [5, 5.41) is 22.6. The molecular formula is C12H20N2O4S. The molecule has 1 aromatic carbocycles. The number of hydrogen-bond donors (Lipinski definition) is 4. The van der Waals surface area contributed by atoms with E-state index in [9.17, 15) is 18.6 Å². The van der Waals surface area contributed by atoms with E-state index in [4.69, 9.17) is 0 Å². The van der Waals surface area contributed by atoms with Gasteiger partial charge >= 0.3 is 0 Å². The Morgan fingerprint density at radius 3 is 2.47 bits per heavy atom. The number of nitrogens with one attached hydrogen (secondary N) is 2. The Bertz CT molecular complexity index is 529. The smallest absolute Gasteiger partial charge is 0.229 e. The third-order valence-corrected chi connectivity index (χ3v) is 3.01. The van der Waals surface area contributed by atoms with Crippen molar-refractivity contribution in [3.8, 4) is 5.75 Å². The van der Waals surface area contributed by atoms with Gasteiger partial charge in [-0.1, -0.05) is 19.9 Å². The molecule has 0 unspecified atom stereocenters. The van der Waals surface area contributed by atoms with E-state index in [1.807, 2.05) is 13.8 Å². The molecule has 0 aromatic heterocycles. The Hall–Kier alpha value is -1.31. The normalized spacial score (nSPS) is 13.5. The van der Waals surface area contributed by atoms with E-state index in [1.54, 1.807) is 6.07 Å². The minimum atomic E-state index is -3.48. The monoisotopic (exact) mass is 288 g/mol. The first-order valence-corrected chi connectivity index (χ1v) is 7.80. The maximum absolute atomic E-state index is 11.2. The lowest BCUT2D eigenvalue weighted by Crippen LogP contribution is -2.27. The third kappa shape index (κ3) is 5.46. The molecule has 19 heavy (non-hydrogen) atoms. The zero-order valence-corrected chi connectivity index (χ0v) is 12.0. The highest BCUT2D eigenvalue weighted by Crippen LogP contribution is 2.27. The molecule has 0 aliphatic rings. The van der Waals surface area contributed by atoms with Crippen LogP contribution in [-0.2, 0) is 10.0 Å². The van der Waals surface area contributed by atoms with Gasteiger partial charge in [0, 0.05) is 12.6 Å². The summed E-state index contributed by atoms with van der Waals surface area (Å²) < 4.78 is 24.5. The van der Waals surface area contributed by atoms with Crippen molar-refractivity contribution in [2.24, 2.45) is 0 Å². The molecule has 6 nitrogen and oxygen atoms in total. The van der Waals surface area contributed by atoms with Crippen LogP contribution >= 0.6 is 0 Å². The van der Waals surface area contributed by atoms with Gasteiger partial charge in [0.15, 0.2) is 0 Å². The Morgan fingerprint density at radius 1 is 1.32 bits per heavy atom. The van der Waals surface area contributed by atoms with Crippen molar-refractivity contribution in [3.63, 3.8) is 0 Å². The maximum Gasteiger partial charge on any atom is 0.229 e. The number of aliphatic hydroxyl groups is 1. The molecule has 0 spiro atoms. The van der Waals surface area contributed by atoms with Crippen LogP contribution in [0.5, 0.6) is 5.75 Å². The molecule has 0 saturated heterocycles. The van der Waals surface area contributed by atoms with Crippen LogP contribution in [-0.4, -0.2) is 37.5 Å². The third-order valence-electron chi connectivity index (χ3n) is 2.42. The zero-order valence-electron chi connectivity index (χ0n) is 11.2. The fourth-order valence-corrected chi connectivity index (χ4v) is 2.07. The summed E-state index contributed by atoms with van der Waals surface area (Å²) in [6, 6.07) is 4.56.